The van der Waals surface area contributed by atoms with E-state index in [-0.39, 0.29) is 35.1 Å². The third kappa shape index (κ3) is 18.5. The van der Waals surface area contributed by atoms with Gasteiger partial charge in [-0.25, -0.2) is 4.99 Å². The van der Waals surface area contributed by atoms with Crippen LogP contribution in [0, 0.1) is 21.6 Å². The van der Waals surface area contributed by atoms with Gasteiger partial charge in [0.15, 0.2) is 17.9 Å². The number of aliphatic hydroxyl groups is 1. The molecule has 0 aromatic rings. The van der Waals surface area contributed by atoms with E-state index in [1.165, 1.54) is 26.2 Å². The van der Waals surface area contributed by atoms with Crippen molar-refractivity contribution in [3.8, 4) is 0 Å². The Morgan fingerprint density at radius 2 is 1.41 bits per heavy atom. The molecule has 1 unspecified atom stereocenters. The highest BCUT2D eigenvalue weighted by Crippen LogP contribution is 2.38. The number of nitrogens with two attached hydrogens (primary N) is 7. The number of nitrogens with one attached hydrogen (secondary N) is 5. The second-order valence-corrected chi connectivity index (χ2v) is 10.1. The third-order valence-electron chi connectivity index (χ3n) is 6.11. The predicted molar refractivity (Wildman–Crippen MR) is 161 cm³/mol. The Kier molecular flexibility index (Phi) is 18.2. The second-order valence-electron chi connectivity index (χ2n) is 10.1. The van der Waals surface area contributed by atoms with Gasteiger partial charge >= 0.3 is 0 Å². The summed E-state index contributed by atoms with van der Waals surface area (Å²) in [6.07, 6.45) is 5.07. The summed E-state index contributed by atoms with van der Waals surface area (Å²) in [5.74, 6) is 0.645. The molecule has 3 fully saturated rings. The van der Waals surface area contributed by atoms with E-state index in [9.17, 15) is 0 Å². The lowest BCUT2D eigenvalue weighted by Crippen LogP contribution is -2.52. The highest BCUT2D eigenvalue weighted by Gasteiger charge is 2.36. The minimum atomic E-state index is -0.729. The van der Waals surface area contributed by atoms with E-state index < -0.39 is 12.1 Å². The fourth-order valence-corrected chi connectivity index (χ4v) is 3.22. The molecule has 39 heavy (non-hydrogen) atoms. The number of aliphatic imine (C=N–C) groups is 1. The van der Waals surface area contributed by atoms with Gasteiger partial charge in [-0.2, -0.15) is 0 Å². The Balaban J connectivity index is 0. The molecule has 0 spiro atoms. The van der Waals surface area contributed by atoms with Crippen molar-refractivity contribution >= 4 is 29.5 Å². The lowest BCUT2D eigenvalue weighted by molar-refractivity contribution is 0.185. The van der Waals surface area contributed by atoms with Crippen molar-refractivity contribution in [1.82, 2.24) is 15.1 Å². The predicted octanol–water partition coefficient (Wildman–Crippen LogP) is -2.08. The molecule has 20 N–H and O–H groups in total. The molecule has 3 rings (SSSR count). The van der Waals surface area contributed by atoms with Crippen LogP contribution >= 0.6 is 0 Å². The maximum Gasteiger partial charge on any atom is 0.188 e. The molecule has 228 valence electrons. The molecule has 2 saturated heterocycles. The number of rotatable bonds is 5. The summed E-state index contributed by atoms with van der Waals surface area (Å²) in [6, 6.07) is 0.282. The van der Waals surface area contributed by atoms with E-state index in [1.807, 2.05) is 16.7 Å². The van der Waals surface area contributed by atoms with E-state index >= 15 is 0 Å². The minimum Gasteiger partial charge on any atom is -0.391 e. The number of nitrogens with zero attached hydrogens (tertiary/aromatic N) is 3. The van der Waals surface area contributed by atoms with Gasteiger partial charge in [0.1, 0.15) is 11.7 Å². The molecule has 2 heterocycles. The molecule has 0 aromatic heterocycles. The number of hydrogen-bond donors (Lipinski definition) is 13. The van der Waals surface area contributed by atoms with Crippen LogP contribution in [0.1, 0.15) is 59.8 Å². The SMILES string of the molecule is CC1(N=C(N)N)CC1.CC1CCN1C(=N)N.CNCC(=N)N.C[C@@H](O)[C@@H](N)C(=N)N.C[C@@H]1CCCN1C(=N)N. The van der Waals surface area contributed by atoms with Gasteiger partial charge in [0.05, 0.1) is 24.2 Å². The van der Waals surface area contributed by atoms with Gasteiger partial charge in [0, 0.05) is 25.2 Å². The second kappa shape index (κ2) is 18.8. The van der Waals surface area contributed by atoms with Crippen molar-refractivity contribution in [2.45, 2.75) is 89.6 Å². The van der Waals surface area contributed by atoms with Crippen molar-refractivity contribution in [2.75, 3.05) is 26.7 Å². The topological polar surface area (TPSA) is 329 Å². The van der Waals surface area contributed by atoms with Crippen molar-refractivity contribution in [3.05, 3.63) is 0 Å². The van der Waals surface area contributed by atoms with Gasteiger partial charge in [-0.15, -0.1) is 0 Å². The Labute approximate surface area is 233 Å². The minimum absolute atomic E-state index is 0.110. The zero-order valence-electron chi connectivity index (χ0n) is 24.3. The maximum absolute atomic E-state index is 8.65. The average Bonchev–Trinajstić information content (AvgIpc) is 3.33. The third-order valence-corrected chi connectivity index (χ3v) is 6.11. The number of guanidine groups is 3. The molecular weight excluding hydrogens is 502 g/mol. The first kappa shape index (κ1) is 37.8. The number of aliphatic hydroxyl groups excluding tert-OH is 1. The first-order valence-corrected chi connectivity index (χ1v) is 13.0. The van der Waals surface area contributed by atoms with Gasteiger partial charge in [-0.1, -0.05) is 0 Å². The van der Waals surface area contributed by atoms with E-state index in [4.69, 9.17) is 66.9 Å². The molecule has 1 saturated carbocycles. The van der Waals surface area contributed by atoms with Crippen LogP contribution in [0.3, 0.4) is 0 Å². The molecule has 3 aliphatic rings. The molecule has 0 aromatic carbocycles. The van der Waals surface area contributed by atoms with Crippen LogP contribution in [0.5, 0.6) is 0 Å². The molecule has 0 radical (unpaired) electrons. The van der Waals surface area contributed by atoms with Crippen molar-refractivity contribution in [1.29, 1.82) is 21.6 Å². The average molecular weight is 558 g/mol. The van der Waals surface area contributed by atoms with E-state index in [0.29, 0.717) is 18.6 Å². The Bertz CT molecular complexity index is 776. The standard InChI is InChI=1S/C6H13N3.2C5H11N3.C4H11N3O.C3H9N3/c1-5-3-2-4-9(5)6(7)8;1-5(2-3-5)8-4(6)7;1-4-2-3-8(4)5(6)7;1-2(8)3(5)4(6)7;1-6-2-3(4)5/h5H,2-4H2,1H3,(H3,7,8);2-3H2,1H3,(H4,6,7,8);4H,2-3H2,1H3,(H3,6,7);2-3,8H,5H2,1H3,(H3,6,7);6H,2H2,1H3,(H3,4,5)/t5-;;;2-,3-;/m1..1./s1. The fraction of sp³-hybridized carbons (Fsp3) is 0.783. The molecule has 0 amide bonds. The lowest BCUT2D eigenvalue weighted by Gasteiger charge is -2.38. The smallest absolute Gasteiger partial charge is 0.188 e. The summed E-state index contributed by atoms with van der Waals surface area (Å²) in [4.78, 5) is 7.80. The van der Waals surface area contributed by atoms with Crippen LogP contribution in [0.4, 0.5) is 0 Å². The number of amidine groups is 2. The summed E-state index contributed by atoms with van der Waals surface area (Å²) in [5, 5.41) is 38.8. The zero-order valence-corrected chi connectivity index (χ0v) is 24.3. The lowest BCUT2D eigenvalue weighted by atomic mass is 10.1. The van der Waals surface area contributed by atoms with Gasteiger partial charge in [-0.3, -0.25) is 21.6 Å². The number of hydrogen-bond acceptors (Lipinski definition) is 8. The molecule has 2 aliphatic heterocycles. The zero-order chi connectivity index (χ0) is 30.9. The molecule has 0 bridgehead atoms. The highest BCUT2D eigenvalue weighted by molar-refractivity contribution is 5.83. The van der Waals surface area contributed by atoms with E-state index in [2.05, 4.69) is 24.2 Å². The molecular formula is C23H55N15O. The molecule has 16 heteroatoms. The Morgan fingerprint density at radius 1 is 0.949 bits per heavy atom. The summed E-state index contributed by atoms with van der Waals surface area (Å²) in [6.45, 7) is 10.1. The van der Waals surface area contributed by atoms with Crippen molar-refractivity contribution in [2.24, 2.45) is 45.1 Å². The highest BCUT2D eigenvalue weighted by atomic mass is 16.3. The first-order chi connectivity index (χ1) is 17.9. The van der Waals surface area contributed by atoms with Crippen LogP contribution in [0.15, 0.2) is 4.99 Å². The summed E-state index contributed by atoms with van der Waals surface area (Å²) >= 11 is 0. The van der Waals surface area contributed by atoms with Crippen molar-refractivity contribution in [3.63, 3.8) is 0 Å². The maximum atomic E-state index is 8.65. The largest absolute Gasteiger partial charge is 0.391 e. The first-order valence-electron chi connectivity index (χ1n) is 13.0. The van der Waals surface area contributed by atoms with Crippen LogP contribution < -0.4 is 45.5 Å². The van der Waals surface area contributed by atoms with Crippen LogP contribution in [-0.4, -0.2) is 101 Å². The molecule has 1 aliphatic carbocycles. The molecule has 4 atom stereocenters. The van der Waals surface area contributed by atoms with Crippen LogP contribution in [0.25, 0.3) is 0 Å². The number of likely N-dealkylation sites (N-methyl/N-ethyl adjacent to an activating group) is 1. The van der Waals surface area contributed by atoms with Crippen LogP contribution in [-0.2, 0) is 0 Å². The monoisotopic (exact) mass is 557 g/mol. The summed E-state index contributed by atoms with van der Waals surface area (Å²) < 4.78 is 0. The molecule has 16 nitrogen and oxygen atoms in total. The Morgan fingerprint density at radius 3 is 1.49 bits per heavy atom. The van der Waals surface area contributed by atoms with Gasteiger partial charge in [0.25, 0.3) is 0 Å². The fourth-order valence-electron chi connectivity index (χ4n) is 3.22. The van der Waals surface area contributed by atoms with E-state index in [1.54, 1.807) is 7.05 Å². The van der Waals surface area contributed by atoms with E-state index in [0.717, 1.165) is 25.9 Å². The van der Waals surface area contributed by atoms with Gasteiger partial charge in [-0.05, 0) is 66.8 Å². The van der Waals surface area contributed by atoms with Crippen molar-refractivity contribution < 1.29 is 5.11 Å². The Hall–Kier alpha value is -3.37. The number of likely N-dealkylation sites (tertiary alicyclic amines) is 2. The summed E-state index contributed by atoms with van der Waals surface area (Å²) in [5.41, 5.74) is 35.9. The van der Waals surface area contributed by atoms with Gasteiger partial charge in [0.2, 0.25) is 0 Å². The summed E-state index contributed by atoms with van der Waals surface area (Å²) in [7, 11) is 1.75. The normalized spacial score (nSPS) is 21.1. The van der Waals surface area contributed by atoms with Crippen LogP contribution in [0.2, 0.25) is 0 Å². The quantitative estimate of drug-likeness (QED) is 0.128. The van der Waals surface area contributed by atoms with Gasteiger partial charge < -0.3 is 60.4 Å².